The van der Waals surface area contributed by atoms with Crippen LogP contribution in [0.15, 0.2) is 16.7 Å². The van der Waals surface area contributed by atoms with E-state index in [1.807, 2.05) is 13.0 Å². The number of aryl methyl sites for hydroxylation is 3. The molecule has 12 heteroatoms. The van der Waals surface area contributed by atoms with Gasteiger partial charge in [0.05, 0.1) is 42.6 Å². The van der Waals surface area contributed by atoms with Crippen LogP contribution < -0.4 is 4.74 Å². The number of methoxy groups -OCH3 is 1. The van der Waals surface area contributed by atoms with E-state index in [2.05, 4.69) is 25.4 Å². The Labute approximate surface area is 207 Å². The highest BCUT2D eigenvalue weighted by atomic mass is 19.3. The molecule has 1 saturated carbocycles. The van der Waals surface area contributed by atoms with E-state index in [-0.39, 0.29) is 43.1 Å². The van der Waals surface area contributed by atoms with Crippen LogP contribution in [0.4, 0.5) is 8.78 Å². The highest BCUT2D eigenvalue weighted by molar-refractivity contribution is 5.72. The van der Waals surface area contributed by atoms with Crippen LogP contribution in [0.2, 0.25) is 0 Å². The smallest absolute Gasteiger partial charge is 0.308 e. The Morgan fingerprint density at radius 3 is 2.81 bits per heavy atom. The van der Waals surface area contributed by atoms with Gasteiger partial charge < -0.3 is 14.0 Å². The minimum atomic E-state index is -2.80. The molecule has 0 aliphatic heterocycles. The minimum Gasteiger partial charge on any atom is -0.489 e. The number of halogens is 2. The van der Waals surface area contributed by atoms with Crippen LogP contribution in [0.5, 0.6) is 5.75 Å². The summed E-state index contributed by atoms with van der Waals surface area (Å²) in [5, 5.41) is 12.3. The molecule has 2 atom stereocenters. The molecular weight excluding hydrogens is 474 g/mol. The topological polar surface area (TPSA) is 118 Å². The standard InChI is InChI=1S/C24H30F2N6O4/c1-14-19(35-16-7-5-6-15(12-16)23(33)34-4)9-8-17(27-14)22-18(32(3)31-29-22)13-20-28-21(36-30-20)10-11-24(2,25)26/h8-9,15-16H,5-7,10-13H2,1-4H3/t15-,16-/m0/s1. The minimum absolute atomic E-state index is 0.00340. The lowest BCUT2D eigenvalue weighted by Crippen LogP contribution is -2.30. The first-order chi connectivity index (χ1) is 17.1. The molecule has 1 aliphatic carbocycles. The van der Waals surface area contributed by atoms with Crippen molar-refractivity contribution in [1.82, 2.24) is 30.1 Å². The Kier molecular flexibility index (Phi) is 7.60. The number of aromatic nitrogens is 6. The van der Waals surface area contributed by atoms with Crippen LogP contribution in [0, 0.1) is 12.8 Å². The van der Waals surface area contributed by atoms with Gasteiger partial charge in [-0.15, -0.1) is 5.10 Å². The van der Waals surface area contributed by atoms with Crippen LogP contribution in [0.3, 0.4) is 0 Å². The number of hydrogen-bond donors (Lipinski definition) is 0. The van der Waals surface area contributed by atoms with Crippen molar-refractivity contribution in [3.8, 4) is 17.1 Å². The maximum absolute atomic E-state index is 13.1. The van der Waals surface area contributed by atoms with Gasteiger partial charge in [0.2, 0.25) is 11.8 Å². The number of esters is 1. The number of alkyl halides is 2. The number of nitrogens with zero attached hydrogens (tertiary/aromatic N) is 6. The van der Waals surface area contributed by atoms with E-state index in [1.54, 1.807) is 17.8 Å². The monoisotopic (exact) mass is 504 g/mol. The predicted octanol–water partition coefficient (Wildman–Crippen LogP) is 3.86. The first-order valence-electron chi connectivity index (χ1n) is 11.9. The Bertz CT molecular complexity index is 1210. The van der Waals surface area contributed by atoms with E-state index in [1.165, 1.54) is 7.11 Å². The van der Waals surface area contributed by atoms with E-state index < -0.39 is 5.92 Å². The highest BCUT2D eigenvalue weighted by Crippen LogP contribution is 2.31. The zero-order chi connectivity index (χ0) is 25.9. The number of rotatable bonds is 9. The lowest BCUT2D eigenvalue weighted by Gasteiger charge is -2.28. The third kappa shape index (κ3) is 6.21. The summed E-state index contributed by atoms with van der Waals surface area (Å²) in [6, 6.07) is 3.65. The van der Waals surface area contributed by atoms with E-state index in [4.69, 9.17) is 14.0 Å². The summed E-state index contributed by atoms with van der Waals surface area (Å²) < 4.78 is 44.1. The van der Waals surface area contributed by atoms with Gasteiger partial charge >= 0.3 is 5.97 Å². The summed E-state index contributed by atoms with van der Waals surface area (Å²) in [5.74, 6) is -1.97. The Morgan fingerprint density at radius 1 is 1.28 bits per heavy atom. The number of ether oxygens (including phenoxy) is 2. The van der Waals surface area contributed by atoms with E-state index in [0.717, 1.165) is 26.2 Å². The summed E-state index contributed by atoms with van der Waals surface area (Å²) in [7, 11) is 3.15. The third-order valence-electron chi connectivity index (χ3n) is 6.29. The lowest BCUT2D eigenvalue weighted by atomic mass is 9.87. The van der Waals surface area contributed by atoms with Gasteiger partial charge in [-0.2, -0.15) is 4.98 Å². The van der Waals surface area contributed by atoms with Crippen molar-refractivity contribution in [2.24, 2.45) is 13.0 Å². The zero-order valence-electron chi connectivity index (χ0n) is 20.8. The van der Waals surface area contributed by atoms with Gasteiger partial charge in [0, 0.05) is 19.9 Å². The fourth-order valence-corrected chi connectivity index (χ4v) is 4.33. The molecule has 3 heterocycles. The maximum Gasteiger partial charge on any atom is 0.308 e. The van der Waals surface area contributed by atoms with Gasteiger partial charge in [-0.1, -0.05) is 10.4 Å². The van der Waals surface area contributed by atoms with Crippen LogP contribution >= 0.6 is 0 Å². The summed E-state index contributed by atoms with van der Waals surface area (Å²) in [4.78, 5) is 20.8. The molecule has 10 nitrogen and oxygen atoms in total. The van der Waals surface area contributed by atoms with Gasteiger partial charge in [0.1, 0.15) is 11.4 Å². The molecule has 0 unspecified atom stereocenters. The number of carbonyl (C=O) groups is 1. The van der Waals surface area contributed by atoms with Gasteiger partial charge in [-0.25, -0.2) is 13.8 Å². The van der Waals surface area contributed by atoms with Gasteiger partial charge in [-0.05, 0) is 51.7 Å². The SMILES string of the molecule is COC(=O)[C@H]1CCC[C@H](Oc2ccc(-c3nnn(C)c3Cc3noc(CCC(C)(F)F)n3)nc2C)C1. The fraction of sp³-hybridized carbons (Fsp3) is 0.583. The second-order valence-electron chi connectivity index (χ2n) is 9.27. The second-order valence-corrected chi connectivity index (χ2v) is 9.27. The molecule has 1 aliphatic rings. The highest BCUT2D eigenvalue weighted by Gasteiger charge is 2.29. The van der Waals surface area contributed by atoms with Crippen molar-refractivity contribution in [1.29, 1.82) is 0 Å². The molecule has 3 aromatic heterocycles. The molecule has 194 valence electrons. The van der Waals surface area contributed by atoms with Crippen LogP contribution in [-0.2, 0) is 29.4 Å². The summed E-state index contributed by atoms with van der Waals surface area (Å²) in [5.41, 5.74) is 2.55. The molecular formula is C24H30F2N6O4. The normalized spacial score (nSPS) is 18.3. The first kappa shape index (κ1) is 25.6. The molecule has 0 spiro atoms. The van der Waals surface area contributed by atoms with Crippen LogP contribution in [-0.4, -0.2) is 55.2 Å². The van der Waals surface area contributed by atoms with Crippen molar-refractivity contribution >= 4 is 5.97 Å². The molecule has 0 radical (unpaired) electrons. The average molecular weight is 505 g/mol. The largest absolute Gasteiger partial charge is 0.489 e. The van der Waals surface area contributed by atoms with E-state index >= 15 is 0 Å². The lowest BCUT2D eigenvalue weighted by molar-refractivity contribution is -0.147. The Morgan fingerprint density at radius 2 is 2.08 bits per heavy atom. The third-order valence-corrected chi connectivity index (χ3v) is 6.29. The second kappa shape index (κ2) is 10.7. The predicted molar refractivity (Wildman–Crippen MR) is 123 cm³/mol. The van der Waals surface area contributed by atoms with Gasteiger partial charge in [0.25, 0.3) is 0 Å². The molecule has 4 rings (SSSR count). The zero-order valence-corrected chi connectivity index (χ0v) is 20.8. The molecule has 0 amide bonds. The summed E-state index contributed by atoms with van der Waals surface area (Å²) in [6.07, 6.45) is 2.99. The fourth-order valence-electron chi connectivity index (χ4n) is 4.33. The Balaban J connectivity index is 1.46. The van der Waals surface area contributed by atoms with Crippen molar-refractivity contribution in [2.75, 3.05) is 7.11 Å². The van der Waals surface area contributed by atoms with Crippen molar-refractivity contribution < 1.29 is 27.6 Å². The Hall–Kier alpha value is -3.44. The molecule has 0 bridgehead atoms. The molecule has 1 fully saturated rings. The van der Waals surface area contributed by atoms with Crippen molar-refractivity contribution in [3.05, 3.63) is 35.2 Å². The van der Waals surface area contributed by atoms with Crippen molar-refractivity contribution in [3.63, 3.8) is 0 Å². The summed E-state index contributed by atoms with van der Waals surface area (Å²) >= 11 is 0. The maximum atomic E-state index is 13.1. The van der Waals surface area contributed by atoms with Crippen LogP contribution in [0.1, 0.15) is 62.1 Å². The molecule has 3 aromatic rings. The average Bonchev–Trinajstić information content (AvgIpc) is 3.45. The van der Waals surface area contributed by atoms with E-state index in [0.29, 0.717) is 40.8 Å². The summed E-state index contributed by atoms with van der Waals surface area (Å²) in [6.45, 7) is 2.71. The van der Waals surface area contributed by atoms with Crippen molar-refractivity contribution in [2.45, 2.75) is 70.8 Å². The van der Waals surface area contributed by atoms with Gasteiger partial charge in [0.15, 0.2) is 5.82 Å². The first-order valence-corrected chi connectivity index (χ1v) is 11.9. The molecule has 0 saturated heterocycles. The molecule has 0 N–H and O–H groups in total. The van der Waals surface area contributed by atoms with E-state index in [9.17, 15) is 13.6 Å². The quantitative estimate of drug-likeness (QED) is 0.400. The van der Waals surface area contributed by atoms with Gasteiger partial charge in [-0.3, -0.25) is 9.48 Å². The number of carbonyl (C=O) groups excluding carboxylic acids is 1. The molecule has 36 heavy (non-hydrogen) atoms. The number of pyridine rings is 1. The van der Waals surface area contributed by atoms with Crippen LogP contribution in [0.25, 0.3) is 11.4 Å². The molecule has 0 aromatic carbocycles. The number of hydrogen-bond acceptors (Lipinski definition) is 9.